The van der Waals surface area contributed by atoms with E-state index in [1.54, 1.807) is 24.0 Å². The zero-order valence-corrected chi connectivity index (χ0v) is 21.8. The van der Waals surface area contributed by atoms with Gasteiger partial charge < -0.3 is 15.0 Å². The van der Waals surface area contributed by atoms with E-state index in [0.29, 0.717) is 49.6 Å². The summed E-state index contributed by atoms with van der Waals surface area (Å²) in [5.41, 5.74) is 3.06. The largest absolute Gasteiger partial charge is 0.463 e. The summed E-state index contributed by atoms with van der Waals surface area (Å²) in [6.07, 6.45) is 1.62. The quantitative estimate of drug-likeness (QED) is 0.424. The molecule has 2 aliphatic rings. The second-order valence-electron chi connectivity index (χ2n) is 9.36. The van der Waals surface area contributed by atoms with Crippen LogP contribution in [-0.2, 0) is 9.53 Å². The zero-order chi connectivity index (χ0) is 27.2. The molecule has 0 radical (unpaired) electrons. The Bertz CT molecular complexity index is 1250. The van der Waals surface area contributed by atoms with Gasteiger partial charge in [-0.3, -0.25) is 14.6 Å². The number of esters is 1. The Morgan fingerprint density at radius 1 is 1.13 bits per heavy atom. The van der Waals surface area contributed by atoms with Crippen LogP contribution in [0.2, 0.25) is 0 Å². The predicted molar refractivity (Wildman–Crippen MR) is 142 cm³/mol. The molecular weight excluding hydrogens is 487 g/mol. The zero-order valence-electron chi connectivity index (χ0n) is 21.8. The number of hydrogen-bond donors (Lipinski definition) is 1. The molecule has 1 N–H and O–H groups in total. The van der Waals surface area contributed by atoms with Crippen LogP contribution >= 0.6 is 0 Å². The maximum atomic E-state index is 13.6. The van der Waals surface area contributed by atoms with Gasteiger partial charge >= 0.3 is 12.0 Å². The van der Waals surface area contributed by atoms with E-state index in [2.05, 4.69) is 16.8 Å². The van der Waals surface area contributed by atoms with Gasteiger partial charge in [0.05, 0.1) is 18.2 Å². The molecule has 2 aromatic carbocycles. The van der Waals surface area contributed by atoms with E-state index in [4.69, 9.17) is 4.74 Å². The Hall–Kier alpha value is -3.98. The first-order valence-corrected chi connectivity index (χ1v) is 12.7. The van der Waals surface area contributed by atoms with Crippen molar-refractivity contribution >= 4 is 17.9 Å². The number of carbonyl (C=O) groups is 3. The first kappa shape index (κ1) is 27.1. The van der Waals surface area contributed by atoms with Gasteiger partial charge in [-0.2, -0.15) is 0 Å². The Morgan fingerprint density at radius 2 is 1.87 bits per heavy atom. The fourth-order valence-electron chi connectivity index (χ4n) is 4.87. The van der Waals surface area contributed by atoms with Crippen LogP contribution in [0.5, 0.6) is 0 Å². The minimum absolute atomic E-state index is 0.201. The number of piperazine rings is 1. The summed E-state index contributed by atoms with van der Waals surface area (Å²) in [5, 5.41) is 2.97. The number of carbonyl (C=O) groups excluding carboxylic acids is 3. The van der Waals surface area contributed by atoms with Crippen molar-refractivity contribution in [2.24, 2.45) is 0 Å². The van der Waals surface area contributed by atoms with E-state index in [-0.39, 0.29) is 25.1 Å². The molecule has 4 rings (SSSR count). The van der Waals surface area contributed by atoms with Gasteiger partial charge in [0.15, 0.2) is 0 Å². The molecule has 9 heteroatoms. The van der Waals surface area contributed by atoms with Crippen molar-refractivity contribution < 1.29 is 23.5 Å². The molecule has 2 aliphatic heterocycles. The van der Waals surface area contributed by atoms with Gasteiger partial charge in [0.2, 0.25) is 0 Å². The van der Waals surface area contributed by atoms with Crippen LogP contribution in [-0.4, -0.2) is 78.5 Å². The summed E-state index contributed by atoms with van der Waals surface area (Å²) in [6, 6.07) is 12.4. The number of nitrogens with zero attached hydrogens (tertiary/aromatic N) is 3. The number of hydrogen-bond acceptors (Lipinski definition) is 5. The van der Waals surface area contributed by atoms with Crippen LogP contribution in [0.3, 0.4) is 0 Å². The van der Waals surface area contributed by atoms with E-state index in [9.17, 15) is 18.8 Å². The van der Waals surface area contributed by atoms with Crippen LogP contribution < -0.4 is 5.32 Å². The molecule has 2 heterocycles. The van der Waals surface area contributed by atoms with Crippen molar-refractivity contribution in [2.45, 2.75) is 19.9 Å². The van der Waals surface area contributed by atoms with Crippen LogP contribution in [0.15, 0.2) is 72.5 Å². The van der Waals surface area contributed by atoms with E-state index >= 15 is 0 Å². The highest BCUT2D eigenvalue weighted by Gasteiger charge is 2.39. The second-order valence-corrected chi connectivity index (χ2v) is 9.36. The average molecular weight is 521 g/mol. The number of ether oxygens (including phenoxy) is 1. The lowest BCUT2D eigenvalue weighted by atomic mass is 9.93. The molecule has 0 saturated carbocycles. The smallest absolute Gasteiger partial charge is 0.338 e. The fraction of sp³-hybridized carbons (Fsp3) is 0.345. The first-order valence-electron chi connectivity index (χ1n) is 12.7. The molecule has 1 fully saturated rings. The maximum absolute atomic E-state index is 13.6. The van der Waals surface area contributed by atoms with Gasteiger partial charge in [0.25, 0.3) is 5.91 Å². The molecule has 2 aromatic rings. The van der Waals surface area contributed by atoms with Gasteiger partial charge in [0, 0.05) is 50.5 Å². The van der Waals surface area contributed by atoms with Crippen LogP contribution in [0.25, 0.3) is 0 Å². The summed E-state index contributed by atoms with van der Waals surface area (Å²) in [4.78, 5) is 44.7. The molecule has 0 aliphatic carbocycles. The molecule has 1 saturated heterocycles. The highest BCUT2D eigenvalue weighted by Crippen LogP contribution is 2.32. The summed E-state index contributed by atoms with van der Waals surface area (Å²) in [5.74, 6) is -1.16. The van der Waals surface area contributed by atoms with Crippen molar-refractivity contribution in [3.05, 3.63) is 95.0 Å². The first-order chi connectivity index (χ1) is 18.3. The standard InChI is InChI=1S/C29H33FN4O4/c1-4-12-34-24(19-32-13-15-33(16-14-32)27(35)22-10-7-11-23(30)18-22)25(28(36)38-5-2)26(31-29(34)37)21-9-6-8-20(3)17-21/h4,6-11,17-18,26H,1,5,12-16,19H2,2-3H3,(H,31,37). The molecule has 1 atom stereocenters. The number of aryl methyl sites for hydroxylation is 1. The normalized spacial score (nSPS) is 18.3. The Morgan fingerprint density at radius 3 is 2.53 bits per heavy atom. The van der Waals surface area contributed by atoms with Crippen LogP contribution in [0.1, 0.15) is 34.5 Å². The third kappa shape index (κ3) is 5.94. The number of nitrogens with one attached hydrogen (secondary N) is 1. The van der Waals surface area contributed by atoms with E-state index in [1.165, 1.54) is 23.1 Å². The fourth-order valence-corrected chi connectivity index (χ4v) is 4.87. The minimum Gasteiger partial charge on any atom is -0.463 e. The number of halogens is 1. The molecule has 0 aromatic heterocycles. The van der Waals surface area contributed by atoms with E-state index < -0.39 is 17.8 Å². The topological polar surface area (TPSA) is 82.2 Å². The lowest BCUT2D eigenvalue weighted by Gasteiger charge is -2.40. The highest BCUT2D eigenvalue weighted by molar-refractivity contribution is 5.95. The lowest BCUT2D eigenvalue weighted by molar-refractivity contribution is -0.139. The van der Waals surface area contributed by atoms with Crippen LogP contribution in [0.4, 0.5) is 9.18 Å². The summed E-state index contributed by atoms with van der Waals surface area (Å²) in [7, 11) is 0. The van der Waals surface area contributed by atoms with Gasteiger partial charge in [-0.15, -0.1) is 6.58 Å². The van der Waals surface area contributed by atoms with Gasteiger partial charge in [-0.25, -0.2) is 14.0 Å². The monoisotopic (exact) mass is 520 g/mol. The molecule has 1 unspecified atom stereocenters. The van der Waals surface area contributed by atoms with Gasteiger partial charge in [0.1, 0.15) is 5.82 Å². The number of amides is 3. The second kappa shape index (κ2) is 12.0. The summed E-state index contributed by atoms with van der Waals surface area (Å²) in [6.45, 7) is 10.2. The average Bonchev–Trinajstić information content (AvgIpc) is 2.90. The third-order valence-electron chi connectivity index (χ3n) is 6.73. The number of rotatable bonds is 8. The minimum atomic E-state index is -0.659. The predicted octanol–water partition coefficient (Wildman–Crippen LogP) is 3.66. The Balaban J connectivity index is 1.62. The van der Waals surface area contributed by atoms with E-state index in [1.807, 2.05) is 31.2 Å². The van der Waals surface area contributed by atoms with Crippen molar-refractivity contribution in [3.63, 3.8) is 0 Å². The van der Waals surface area contributed by atoms with Crippen molar-refractivity contribution in [1.82, 2.24) is 20.0 Å². The molecule has 0 spiro atoms. The summed E-state index contributed by atoms with van der Waals surface area (Å²) >= 11 is 0. The van der Waals surface area contributed by atoms with Crippen LogP contribution in [0, 0.1) is 12.7 Å². The highest BCUT2D eigenvalue weighted by atomic mass is 19.1. The molecule has 200 valence electrons. The third-order valence-corrected chi connectivity index (χ3v) is 6.73. The Kier molecular flexibility index (Phi) is 8.58. The SMILES string of the molecule is C=CCN1C(=O)NC(c2cccc(C)c2)C(C(=O)OCC)=C1CN1CCN(C(=O)c2cccc(F)c2)CC1. The van der Waals surface area contributed by atoms with Crippen molar-refractivity contribution in [2.75, 3.05) is 45.9 Å². The Labute approximate surface area is 222 Å². The molecule has 38 heavy (non-hydrogen) atoms. The molecule has 0 bridgehead atoms. The lowest BCUT2D eigenvalue weighted by Crippen LogP contribution is -2.53. The molecule has 8 nitrogen and oxygen atoms in total. The molecular formula is C29H33FN4O4. The number of urea groups is 1. The number of benzene rings is 2. The van der Waals surface area contributed by atoms with Crippen molar-refractivity contribution in [3.8, 4) is 0 Å². The molecule has 3 amide bonds. The van der Waals surface area contributed by atoms with E-state index in [0.717, 1.165) is 11.1 Å². The van der Waals surface area contributed by atoms with Gasteiger partial charge in [-0.05, 0) is 37.6 Å². The van der Waals surface area contributed by atoms with Crippen molar-refractivity contribution in [1.29, 1.82) is 0 Å². The maximum Gasteiger partial charge on any atom is 0.338 e. The van der Waals surface area contributed by atoms with Gasteiger partial charge in [-0.1, -0.05) is 42.0 Å². The summed E-state index contributed by atoms with van der Waals surface area (Å²) < 4.78 is 19.1.